The Kier molecular flexibility index (Phi) is 3.21. The second-order valence-electron chi connectivity index (χ2n) is 5.50. The predicted octanol–water partition coefficient (Wildman–Crippen LogP) is 3.19. The predicted molar refractivity (Wildman–Crippen MR) is 73.9 cm³/mol. The van der Waals surface area contributed by atoms with Crippen LogP contribution < -0.4 is 0 Å². The number of rotatable bonds is 1. The zero-order valence-corrected chi connectivity index (χ0v) is 11.7. The van der Waals surface area contributed by atoms with Crippen molar-refractivity contribution in [1.82, 2.24) is 0 Å². The second kappa shape index (κ2) is 4.37. The van der Waals surface area contributed by atoms with Crippen molar-refractivity contribution in [1.29, 1.82) is 0 Å². The third kappa shape index (κ3) is 2.49. The molecule has 2 nitrogen and oxygen atoms in total. The first-order valence-electron chi connectivity index (χ1n) is 5.98. The highest BCUT2D eigenvalue weighted by molar-refractivity contribution is 7.85. The first-order valence-corrected chi connectivity index (χ1v) is 7.08. The molecule has 0 N–H and O–H groups in total. The van der Waals surface area contributed by atoms with Gasteiger partial charge in [-0.3, -0.25) is 0 Å². The molecule has 0 radical (unpaired) electrons. The zero-order valence-electron chi connectivity index (χ0n) is 10.9. The van der Waals surface area contributed by atoms with E-state index in [0.29, 0.717) is 0 Å². The molecule has 0 spiro atoms. The van der Waals surface area contributed by atoms with Gasteiger partial charge in [0, 0.05) is 5.56 Å². The highest BCUT2D eigenvalue weighted by atomic mass is 32.2. The normalized spacial score (nSPS) is 19.4. The molecule has 92 valence electrons. The van der Waals surface area contributed by atoms with Gasteiger partial charge in [-0.2, -0.15) is 4.40 Å². The molecule has 1 aromatic carbocycles. The van der Waals surface area contributed by atoms with Crippen molar-refractivity contribution in [2.45, 2.75) is 45.3 Å². The van der Waals surface area contributed by atoms with Crippen molar-refractivity contribution in [3.63, 3.8) is 0 Å². The molecule has 0 bridgehead atoms. The molecule has 1 aliphatic rings. The van der Waals surface area contributed by atoms with Crippen LogP contribution in [0.15, 0.2) is 22.6 Å². The summed E-state index contributed by atoms with van der Waals surface area (Å²) in [5.74, 6) is 0. The lowest BCUT2D eigenvalue weighted by Crippen LogP contribution is -2.20. The van der Waals surface area contributed by atoms with E-state index in [2.05, 4.69) is 29.5 Å². The molecule has 0 fully saturated rings. The third-order valence-electron chi connectivity index (χ3n) is 3.05. The van der Waals surface area contributed by atoms with Crippen LogP contribution in [-0.2, 0) is 17.4 Å². The van der Waals surface area contributed by atoms with Gasteiger partial charge in [-0.25, -0.2) is 4.21 Å². The molecular weight excluding hydrogens is 230 g/mol. The Hall–Kier alpha value is -0.960. The van der Waals surface area contributed by atoms with Crippen LogP contribution in [0.3, 0.4) is 0 Å². The first-order chi connectivity index (χ1) is 7.89. The van der Waals surface area contributed by atoms with Crippen molar-refractivity contribution < 1.29 is 4.21 Å². The second-order valence-corrected chi connectivity index (χ2v) is 7.41. The highest BCUT2D eigenvalue weighted by Crippen LogP contribution is 2.26. The number of nitrogens with zero attached hydrogens (tertiary/aromatic N) is 1. The molecule has 3 heteroatoms. The number of hydrogen-bond acceptors (Lipinski definition) is 1. The minimum atomic E-state index is -1.15. The average molecular weight is 249 g/mol. The Morgan fingerprint density at radius 3 is 2.59 bits per heavy atom. The molecule has 0 saturated carbocycles. The Bertz CT molecular complexity index is 497. The summed E-state index contributed by atoms with van der Waals surface area (Å²) in [7, 11) is -1.15. The van der Waals surface area contributed by atoms with E-state index in [0.717, 1.165) is 18.6 Å². The molecule has 0 aliphatic heterocycles. The Balaban J connectivity index is 2.38. The largest absolute Gasteiger partial charge is 0.234 e. The molecule has 2 rings (SSSR count). The molecule has 0 aromatic heterocycles. The van der Waals surface area contributed by atoms with Crippen LogP contribution in [-0.4, -0.2) is 14.7 Å². The smallest absolute Gasteiger partial charge is 0.145 e. The maximum Gasteiger partial charge on any atom is 0.145 e. The molecule has 1 atom stereocenters. The van der Waals surface area contributed by atoms with Crippen molar-refractivity contribution >= 4 is 16.7 Å². The molecular formula is C14H19NOS. The van der Waals surface area contributed by atoms with Gasteiger partial charge in [0.2, 0.25) is 0 Å². The van der Waals surface area contributed by atoms with Crippen molar-refractivity contribution in [2.75, 3.05) is 0 Å². The highest BCUT2D eigenvalue weighted by Gasteiger charge is 2.23. The van der Waals surface area contributed by atoms with Crippen LogP contribution in [0, 0.1) is 6.92 Å². The molecule has 1 aromatic rings. The summed E-state index contributed by atoms with van der Waals surface area (Å²) in [6, 6.07) is 6.27. The molecule has 0 heterocycles. The van der Waals surface area contributed by atoms with Gasteiger partial charge >= 0.3 is 0 Å². The third-order valence-corrected chi connectivity index (χ3v) is 4.48. The topological polar surface area (TPSA) is 29.4 Å². The number of hydrogen-bond donors (Lipinski definition) is 0. The number of aryl methyl sites for hydroxylation is 1. The van der Waals surface area contributed by atoms with Crippen molar-refractivity contribution in [3.8, 4) is 0 Å². The number of benzene rings is 1. The Labute approximate surface area is 106 Å². The summed E-state index contributed by atoms with van der Waals surface area (Å²) in [6.07, 6.45) is 1.95. The van der Waals surface area contributed by atoms with Crippen LogP contribution in [0.1, 0.15) is 43.9 Å². The van der Waals surface area contributed by atoms with Crippen molar-refractivity contribution in [3.05, 3.63) is 34.9 Å². The van der Waals surface area contributed by atoms with Gasteiger partial charge in [-0.1, -0.05) is 18.2 Å². The molecule has 0 saturated heterocycles. The average Bonchev–Trinajstić information content (AvgIpc) is 2.62. The van der Waals surface area contributed by atoms with Crippen LogP contribution in [0.4, 0.5) is 0 Å². The van der Waals surface area contributed by atoms with E-state index in [-0.39, 0.29) is 4.75 Å². The van der Waals surface area contributed by atoms with E-state index in [1.54, 1.807) is 0 Å². The van der Waals surface area contributed by atoms with Crippen LogP contribution in [0.2, 0.25) is 0 Å². The fraction of sp³-hybridized carbons (Fsp3) is 0.500. The Morgan fingerprint density at radius 1 is 1.24 bits per heavy atom. The quantitative estimate of drug-likeness (QED) is 0.751. The monoisotopic (exact) mass is 249 g/mol. The summed E-state index contributed by atoms with van der Waals surface area (Å²) in [5.41, 5.74) is 4.89. The van der Waals surface area contributed by atoms with Gasteiger partial charge in [0.1, 0.15) is 11.0 Å². The minimum Gasteiger partial charge on any atom is -0.234 e. The van der Waals surface area contributed by atoms with Gasteiger partial charge in [0.15, 0.2) is 0 Å². The number of fused-ring (bicyclic) bond motifs is 1. The first kappa shape index (κ1) is 12.5. The van der Waals surface area contributed by atoms with E-state index in [9.17, 15) is 4.21 Å². The van der Waals surface area contributed by atoms with Gasteiger partial charge in [0.25, 0.3) is 0 Å². The van der Waals surface area contributed by atoms with Gasteiger partial charge in [-0.15, -0.1) is 0 Å². The lowest BCUT2D eigenvalue weighted by molar-refractivity contribution is 0.650. The van der Waals surface area contributed by atoms with Gasteiger partial charge < -0.3 is 0 Å². The van der Waals surface area contributed by atoms with Crippen LogP contribution >= 0.6 is 0 Å². The SMILES string of the molecule is Cc1cccc2c1CC/C2=N\[S@@](=O)C(C)(C)C. The van der Waals surface area contributed by atoms with E-state index >= 15 is 0 Å². The molecule has 17 heavy (non-hydrogen) atoms. The lowest BCUT2D eigenvalue weighted by atomic mass is 10.0. The zero-order chi connectivity index (χ0) is 12.6. The summed E-state index contributed by atoms with van der Waals surface area (Å²) in [6.45, 7) is 8.00. The molecule has 0 amide bonds. The summed E-state index contributed by atoms with van der Waals surface area (Å²) in [5, 5.41) is 0. The fourth-order valence-corrected chi connectivity index (χ4v) is 2.68. The van der Waals surface area contributed by atoms with E-state index in [1.165, 1.54) is 16.7 Å². The summed E-state index contributed by atoms with van der Waals surface area (Å²) < 4.78 is 16.2. The Morgan fingerprint density at radius 2 is 1.94 bits per heavy atom. The van der Waals surface area contributed by atoms with E-state index in [4.69, 9.17) is 0 Å². The molecule has 0 unspecified atom stereocenters. The minimum absolute atomic E-state index is 0.278. The van der Waals surface area contributed by atoms with Gasteiger partial charge in [-0.05, 0) is 51.7 Å². The summed E-state index contributed by atoms with van der Waals surface area (Å²) >= 11 is 0. The summed E-state index contributed by atoms with van der Waals surface area (Å²) in [4.78, 5) is 0. The lowest BCUT2D eigenvalue weighted by Gasteiger charge is -2.14. The fourth-order valence-electron chi connectivity index (χ4n) is 2.01. The van der Waals surface area contributed by atoms with Crippen LogP contribution in [0.5, 0.6) is 0 Å². The van der Waals surface area contributed by atoms with Crippen LogP contribution in [0.25, 0.3) is 0 Å². The molecule has 1 aliphatic carbocycles. The van der Waals surface area contributed by atoms with Gasteiger partial charge in [0.05, 0.1) is 10.5 Å². The standard InChI is InChI=1S/C14H19NOS/c1-10-6-5-7-12-11(10)8-9-13(12)15-17(16)14(2,3)4/h5-7H,8-9H2,1-4H3/b15-13+/t17-/m0/s1. The maximum absolute atomic E-state index is 12.0. The maximum atomic E-state index is 12.0. The van der Waals surface area contributed by atoms with Crippen molar-refractivity contribution in [2.24, 2.45) is 4.40 Å². The van der Waals surface area contributed by atoms with E-state index in [1.807, 2.05) is 20.8 Å². The van der Waals surface area contributed by atoms with E-state index < -0.39 is 11.0 Å².